The van der Waals surface area contributed by atoms with Crippen molar-refractivity contribution in [3.05, 3.63) is 60.4 Å². The molecule has 0 atom stereocenters. The van der Waals surface area contributed by atoms with Gasteiger partial charge in [0.1, 0.15) is 11.3 Å². The molecule has 7 nitrogen and oxygen atoms in total. The number of phenols is 1. The normalized spacial score (nSPS) is 14.6. The minimum absolute atomic E-state index is 0.277. The van der Waals surface area contributed by atoms with Crippen LogP contribution in [0.3, 0.4) is 0 Å². The number of aromatic nitrogens is 4. The van der Waals surface area contributed by atoms with Crippen LogP contribution >= 0.6 is 0 Å². The van der Waals surface area contributed by atoms with E-state index in [0.717, 1.165) is 47.4 Å². The number of fused-ring (bicyclic) bond motifs is 1. The van der Waals surface area contributed by atoms with Crippen LogP contribution in [0.2, 0.25) is 0 Å². The summed E-state index contributed by atoms with van der Waals surface area (Å²) in [5.74, 6) is 1.66. The first-order chi connectivity index (χ1) is 15.7. The molecular weight excluding hydrogens is 400 g/mol. The Labute approximate surface area is 187 Å². The summed E-state index contributed by atoms with van der Waals surface area (Å²) in [4.78, 5) is 14.4. The lowest BCUT2D eigenvalue weighted by Gasteiger charge is -2.23. The second kappa shape index (κ2) is 8.86. The Hall–Kier alpha value is -3.61. The predicted octanol–water partition coefficient (Wildman–Crippen LogP) is 4.94. The van der Waals surface area contributed by atoms with Crippen molar-refractivity contribution in [3.8, 4) is 17.1 Å². The first-order valence-electron chi connectivity index (χ1n) is 11.3. The van der Waals surface area contributed by atoms with Gasteiger partial charge in [-0.05, 0) is 49.1 Å². The number of nitrogen functional groups attached to an aromatic ring is 1. The quantitative estimate of drug-likeness (QED) is 0.376. The number of rotatable bonds is 6. The molecule has 7 heteroatoms. The van der Waals surface area contributed by atoms with Gasteiger partial charge < -0.3 is 20.7 Å². The summed E-state index contributed by atoms with van der Waals surface area (Å²) in [6.07, 6.45) is 8.84. The molecule has 32 heavy (non-hydrogen) atoms. The predicted molar refractivity (Wildman–Crippen MR) is 128 cm³/mol. The number of hydrogen-bond donors (Lipinski definition) is 3. The Morgan fingerprint density at radius 2 is 1.84 bits per heavy atom. The lowest BCUT2D eigenvalue weighted by molar-refractivity contribution is 0.358. The highest BCUT2D eigenvalue weighted by Crippen LogP contribution is 2.32. The van der Waals surface area contributed by atoms with Crippen molar-refractivity contribution in [2.24, 2.45) is 0 Å². The van der Waals surface area contributed by atoms with E-state index >= 15 is 0 Å². The van der Waals surface area contributed by atoms with Gasteiger partial charge in [-0.2, -0.15) is 0 Å². The maximum absolute atomic E-state index is 9.49. The zero-order chi connectivity index (χ0) is 21.9. The van der Waals surface area contributed by atoms with E-state index in [1.165, 1.54) is 19.3 Å². The summed E-state index contributed by atoms with van der Waals surface area (Å²) in [6.45, 7) is 0.698. The number of imidazole rings is 1. The van der Waals surface area contributed by atoms with Crippen LogP contribution in [-0.2, 0) is 6.42 Å². The van der Waals surface area contributed by atoms with Crippen molar-refractivity contribution in [3.63, 3.8) is 0 Å². The van der Waals surface area contributed by atoms with Crippen LogP contribution in [0.25, 0.3) is 22.6 Å². The van der Waals surface area contributed by atoms with E-state index in [2.05, 4.69) is 9.88 Å². The average Bonchev–Trinajstić information content (AvgIpc) is 3.25. The summed E-state index contributed by atoms with van der Waals surface area (Å²) in [5.41, 5.74) is 10.4. The second-order valence-corrected chi connectivity index (χ2v) is 8.48. The fourth-order valence-corrected chi connectivity index (χ4v) is 4.46. The molecule has 0 amide bonds. The number of aromatic hydroxyl groups is 1. The molecule has 0 radical (unpaired) electrons. The minimum Gasteiger partial charge on any atom is -0.508 e. The van der Waals surface area contributed by atoms with E-state index in [1.807, 2.05) is 42.7 Å². The first kappa shape index (κ1) is 20.3. The highest BCUT2D eigenvalue weighted by atomic mass is 16.3. The van der Waals surface area contributed by atoms with Crippen LogP contribution in [0.5, 0.6) is 5.75 Å². The van der Waals surface area contributed by atoms with Crippen molar-refractivity contribution in [2.75, 3.05) is 17.6 Å². The lowest BCUT2D eigenvalue weighted by atomic mass is 9.95. The van der Waals surface area contributed by atoms with Gasteiger partial charge in [0.25, 0.3) is 0 Å². The molecule has 2 aromatic carbocycles. The smallest absolute Gasteiger partial charge is 0.166 e. The number of nitrogens with one attached hydrogen (secondary N) is 1. The van der Waals surface area contributed by atoms with E-state index in [9.17, 15) is 5.11 Å². The molecule has 1 aliphatic rings. The number of hydrogen-bond acceptors (Lipinski definition) is 6. The third kappa shape index (κ3) is 4.23. The summed E-state index contributed by atoms with van der Waals surface area (Å²) < 4.78 is 2.23. The Morgan fingerprint density at radius 3 is 2.62 bits per heavy atom. The molecule has 0 bridgehead atoms. The van der Waals surface area contributed by atoms with Crippen molar-refractivity contribution in [1.82, 2.24) is 19.5 Å². The Morgan fingerprint density at radius 1 is 1.03 bits per heavy atom. The Kier molecular flexibility index (Phi) is 5.62. The molecule has 1 aliphatic carbocycles. The molecule has 1 saturated carbocycles. The minimum atomic E-state index is 0.277. The third-order valence-corrected chi connectivity index (χ3v) is 6.18. The van der Waals surface area contributed by atoms with Gasteiger partial charge in [-0.3, -0.25) is 0 Å². The molecule has 0 aliphatic heterocycles. The molecular formula is C25H28N6O. The maximum Gasteiger partial charge on any atom is 0.166 e. The van der Waals surface area contributed by atoms with E-state index < -0.39 is 0 Å². The molecule has 4 aromatic rings. The molecule has 0 saturated heterocycles. The molecule has 164 valence electrons. The Bertz CT molecular complexity index is 1210. The van der Waals surface area contributed by atoms with Crippen LogP contribution in [0.1, 0.15) is 43.7 Å². The summed E-state index contributed by atoms with van der Waals surface area (Å²) >= 11 is 0. The van der Waals surface area contributed by atoms with E-state index in [-0.39, 0.29) is 5.75 Å². The van der Waals surface area contributed by atoms with Crippen LogP contribution in [0.15, 0.2) is 54.9 Å². The zero-order valence-corrected chi connectivity index (χ0v) is 18.0. The van der Waals surface area contributed by atoms with Gasteiger partial charge in [-0.15, -0.1) is 0 Å². The third-order valence-electron chi connectivity index (χ3n) is 6.18. The summed E-state index contributed by atoms with van der Waals surface area (Å²) in [6, 6.07) is 15.4. The number of benzene rings is 2. The van der Waals surface area contributed by atoms with Gasteiger partial charge in [0.15, 0.2) is 17.3 Å². The van der Waals surface area contributed by atoms with Crippen LogP contribution < -0.4 is 11.1 Å². The molecule has 4 N–H and O–H groups in total. The van der Waals surface area contributed by atoms with E-state index in [0.29, 0.717) is 24.1 Å². The van der Waals surface area contributed by atoms with E-state index in [1.54, 1.807) is 12.1 Å². The Balaban J connectivity index is 1.49. The zero-order valence-electron chi connectivity index (χ0n) is 18.0. The molecule has 0 spiro atoms. The van der Waals surface area contributed by atoms with Crippen LogP contribution in [0, 0.1) is 0 Å². The number of nitrogens with two attached hydrogens (primary N) is 1. The van der Waals surface area contributed by atoms with Crippen molar-refractivity contribution >= 4 is 22.7 Å². The number of nitrogens with zero attached hydrogens (tertiary/aromatic N) is 4. The summed E-state index contributed by atoms with van der Waals surface area (Å²) in [7, 11) is 0. The molecule has 5 rings (SSSR count). The van der Waals surface area contributed by atoms with E-state index in [4.69, 9.17) is 20.7 Å². The van der Waals surface area contributed by atoms with Gasteiger partial charge in [0.2, 0.25) is 0 Å². The highest BCUT2D eigenvalue weighted by Gasteiger charge is 2.21. The number of anilines is 2. The second-order valence-electron chi connectivity index (χ2n) is 8.48. The lowest BCUT2D eigenvalue weighted by Crippen LogP contribution is -2.13. The van der Waals surface area contributed by atoms with Gasteiger partial charge in [-0.1, -0.05) is 43.5 Å². The summed E-state index contributed by atoms with van der Waals surface area (Å²) in [5, 5.41) is 13.0. The monoisotopic (exact) mass is 428 g/mol. The first-order valence-corrected chi connectivity index (χ1v) is 11.3. The highest BCUT2D eigenvalue weighted by molar-refractivity contribution is 5.85. The van der Waals surface area contributed by atoms with Gasteiger partial charge in [0, 0.05) is 23.8 Å². The largest absolute Gasteiger partial charge is 0.508 e. The van der Waals surface area contributed by atoms with Gasteiger partial charge >= 0.3 is 0 Å². The molecule has 2 aromatic heterocycles. The molecule has 2 heterocycles. The van der Waals surface area contributed by atoms with Crippen molar-refractivity contribution in [2.45, 2.75) is 44.6 Å². The standard InChI is InChI=1S/C25H28N6O/c26-19-6-4-5-18(15-19)23-29-24(27-14-13-17-9-11-21(32)12-10-17)22-25(30-23)31(16-28-22)20-7-2-1-3-8-20/h4-6,9-12,15-16,20,32H,1-3,7-8,13-14,26H2,(H,27,29,30). The average molecular weight is 429 g/mol. The molecule has 1 fully saturated rings. The van der Waals surface area contributed by atoms with Crippen LogP contribution in [-0.4, -0.2) is 31.2 Å². The number of phenolic OH excluding ortho intramolecular Hbond substituents is 1. The molecule has 0 unspecified atom stereocenters. The SMILES string of the molecule is Nc1cccc(-c2nc(NCCc3ccc(O)cc3)c3ncn(C4CCCCC4)c3n2)c1. The fraction of sp³-hybridized carbons (Fsp3) is 0.320. The van der Waals surface area contributed by atoms with Crippen LogP contribution in [0.4, 0.5) is 11.5 Å². The van der Waals surface area contributed by atoms with Crippen molar-refractivity contribution < 1.29 is 5.11 Å². The fourth-order valence-electron chi connectivity index (χ4n) is 4.46. The maximum atomic E-state index is 9.49. The van der Waals surface area contributed by atoms with Crippen molar-refractivity contribution in [1.29, 1.82) is 0 Å². The van der Waals surface area contributed by atoms with Gasteiger partial charge in [0.05, 0.1) is 6.33 Å². The van der Waals surface area contributed by atoms with Gasteiger partial charge in [-0.25, -0.2) is 15.0 Å². The topological polar surface area (TPSA) is 102 Å².